The van der Waals surface area contributed by atoms with Gasteiger partial charge in [0.05, 0.1) is 11.5 Å². The average Bonchev–Trinajstić information content (AvgIpc) is 2.56. The van der Waals surface area contributed by atoms with Crippen molar-refractivity contribution < 1.29 is 12.8 Å². The van der Waals surface area contributed by atoms with Gasteiger partial charge in [0.25, 0.3) is 0 Å². The maximum Gasteiger partial charge on any atom is 0.152 e. The molecule has 0 radical (unpaired) electrons. The van der Waals surface area contributed by atoms with Crippen molar-refractivity contribution in [1.82, 2.24) is 5.32 Å². The van der Waals surface area contributed by atoms with Gasteiger partial charge in [-0.3, -0.25) is 0 Å². The summed E-state index contributed by atoms with van der Waals surface area (Å²) in [5.41, 5.74) is 1.22. The molecule has 1 fully saturated rings. The zero-order valence-electron chi connectivity index (χ0n) is 10.7. The van der Waals surface area contributed by atoms with Crippen molar-refractivity contribution in [2.75, 3.05) is 11.5 Å². The maximum absolute atomic E-state index is 13.1. The summed E-state index contributed by atoms with van der Waals surface area (Å²) in [6.07, 6.45) is 0.634. The van der Waals surface area contributed by atoms with Crippen LogP contribution in [-0.4, -0.2) is 25.5 Å². The van der Waals surface area contributed by atoms with Crippen LogP contribution >= 0.6 is 0 Å². The number of halogens is 1. The van der Waals surface area contributed by atoms with Crippen LogP contribution in [-0.2, 0) is 16.4 Å². The fraction of sp³-hybridized carbons (Fsp3) is 0.538. The predicted molar refractivity (Wildman–Crippen MR) is 69.7 cm³/mol. The monoisotopic (exact) mass is 271 g/mol. The molecular formula is C13H18FNO2S. The maximum atomic E-state index is 13.1. The predicted octanol–water partition coefficient (Wildman–Crippen LogP) is 1.80. The molecule has 0 spiro atoms. The van der Waals surface area contributed by atoms with E-state index in [1.807, 2.05) is 6.92 Å². The number of hydrogen-bond donors (Lipinski definition) is 1. The Morgan fingerprint density at radius 3 is 2.72 bits per heavy atom. The number of sulfone groups is 1. The van der Waals surface area contributed by atoms with Gasteiger partial charge in [-0.15, -0.1) is 0 Å². The smallest absolute Gasteiger partial charge is 0.152 e. The average molecular weight is 271 g/mol. The minimum absolute atomic E-state index is 0.181. The first-order valence-corrected chi connectivity index (χ1v) is 7.82. The van der Waals surface area contributed by atoms with E-state index in [-0.39, 0.29) is 22.9 Å². The topological polar surface area (TPSA) is 46.2 Å². The first-order valence-electron chi connectivity index (χ1n) is 6.00. The molecule has 5 heteroatoms. The molecule has 1 aromatic rings. The highest BCUT2D eigenvalue weighted by atomic mass is 32.2. The van der Waals surface area contributed by atoms with Crippen molar-refractivity contribution in [2.24, 2.45) is 0 Å². The Hall–Kier alpha value is -0.940. The molecule has 1 aliphatic rings. The fourth-order valence-corrected chi connectivity index (χ4v) is 4.41. The second-order valence-electron chi connectivity index (χ2n) is 5.34. The van der Waals surface area contributed by atoms with E-state index in [9.17, 15) is 12.8 Å². The van der Waals surface area contributed by atoms with E-state index in [0.717, 1.165) is 5.56 Å². The zero-order chi connectivity index (χ0) is 13.4. The van der Waals surface area contributed by atoms with E-state index in [4.69, 9.17) is 0 Å². The van der Waals surface area contributed by atoms with Gasteiger partial charge in [-0.25, -0.2) is 12.8 Å². The van der Waals surface area contributed by atoms with E-state index in [1.54, 1.807) is 19.1 Å². The molecule has 0 bridgehead atoms. The summed E-state index contributed by atoms with van der Waals surface area (Å²) < 4.78 is 36.1. The lowest BCUT2D eigenvalue weighted by atomic mass is 10.0. The van der Waals surface area contributed by atoms with Crippen LogP contribution in [0.2, 0.25) is 0 Å². The van der Waals surface area contributed by atoms with E-state index >= 15 is 0 Å². The third kappa shape index (κ3) is 3.09. The molecule has 100 valence electrons. The number of aryl methyl sites for hydroxylation is 1. The molecule has 0 aromatic heterocycles. The van der Waals surface area contributed by atoms with Gasteiger partial charge >= 0.3 is 0 Å². The minimum atomic E-state index is -2.90. The largest absolute Gasteiger partial charge is 0.306 e. The van der Waals surface area contributed by atoms with Crippen LogP contribution in [0.1, 0.15) is 24.5 Å². The van der Waals surface area contributed by atoms with Crippen molar-refractivity contribution in [3.63, 3.8) is 0 Å². The lowest BCUT2D eigenvalue weighted by Gasteiger charge is -2.24. The van der Waals surface area contributed by atoms with Crippen molar-refractivity contribution in [1.29, 1.82) is 0 Å². The Kier molecular flexibility index (Phi) is 3.47. The molecule has 0 amide bonds. The van der Waals surface area contributed by atoms with Crippen LogP contribution < -0.4 is 5.32 Å². The van der Waals surface area contributed by atoms with Crippen LogP contribution in [0.15, 0.2) is 18.2 Å². The number of nitrogens with one attached hydrogen (secondary N) is 1. The van der Waals surface area contributed by atoms with Crippen LogP contribution in [0.25, 0.3) is 0 Å². The summed E-state index contributed by atoms with van der Waals surface area (Å²) in [6, 6.07) is 4.96. The van der Waals surface area contributed by atoms with Gasteiger partial charge in [0, 0.05) is 12.1 Å². The van der Waals surface area contributed by atoms with Gasteiger partial charge in [-0.2, -0.15) is 0 Å². The van der Waals surface area contributed by atoms with Crippen molar-refractivity contribution in [2.45, 2.75) is 32.4 Å². The Bertz CT molecular complexity index is 556. The lowest BCUT2D eigenvalue weighted by Crippen LogP contribution is -2.42. The van der Waals surface area contributed by atoms with Crippen molar-refractivity contribution >= 4 is 9.84 Å². The third-order valence-electron chi connectivity index (χ3n) is 3.44. The molecule has 18 heavy (non-hydrogen) atoms. The molecule has 3 nitrogen and oxygen atoms in total. The number of benzene rings is 1. The molecule has 1 aromatic carbocycles. The molecule has 2 rings (SSSR count). The summed E-state index contributed by atoms with van der Waals surface area (Å²) in [5.74, 6) is 0.215. The molecule has 0 saturated carbocycles. The molecule has 1 atom stereocenters. The van der Waals surface area contributed by atoms with Gasteiger partial charge in [0.15, 0.2) is 9.84 Å². The first kappa shape index (κ1) is 13.5. The zero-order valence-corrected chi connectivity index (χ0v) is 11.5. The molecule has 0 aliphatic carbocycles. The molecule has 1 aliphatic heterocycles. The van der Waals surface area contributed by atoms with Crippen LogP contribution in [0.4, 0.5) is 4.39 Å². The highest BCUT2D eigenvalue weighted by molar-refractivity contribution is 7.91. The molecule has 1 saturated heterocycles. The third-order valence-corrected chi connectivity index (χ3v) is 5.35. The van der Waals surface area contributed by atoms with Gasteiger partial charge in [0.2, 0.25) is 0 Å². The van der Waals surface area contributed by atoms with Crippen molar-refractivity contribution in [3.8, 4) is 0 Å². The van der Waals surface area contributed by atoms with E-state index in [2.05, 4.69) is 5.32 Å². The second kappa shape index (κ2) is 4.63. The summed E-state index contributed by atoms with van der Waals surface area (Å²) in [7, 11) is -2.90. The number of hydrogen-bond acceptors (Lipinski definition) is 3. The molecular weight excluding hydrogens is 253 g/mol. The quantitative estimate of drug-likeness (QED) is 0.912. The minimum Gasteiger partial charge on any atom is -0.306 e. The Balaban J connectivity index is 2.02. The number of rotatable bonds is 3. The second-order valence-corrected chi connectivity index (χ2v) is 7.52. The Morgan fingerprint density at radius 1 is 1.44 bits per heavy atom. The Morgan fingerprint density at radius 2 is 2.17 bits per heavy atom. The standard InChI is InChI=1S/C13H18FNO2S/c1-10-7-11(3-4-12(10)14)8-15-13(2)5-6-18(16,17)9-13/h3-4,7,15H,5-6,8-9H2,1-2H3. The van der Waals surface area contributed by atoms with Gasteiger partial charge in [-0.1, -0.05) is 12.1 Å². The summed E-state index contributed by atoms with van der Waals surface area (Å²) in [6.45, 7) is 4.21. The fourth-order valence-electron chi connectivity index (χ4n) is 2.28. The van der Waals surface area contributed by atoms with Crippen LogP contribution in [0.5, 0.6) is 0 Å². The van der Waals surface area contributed by atoms with Crippen LogP contribution in [0.3, 0.4) is 0 Å². The SMILES string of the molecule is Cc1cc(CNC2(C)CCS(=O)(=O)C2)ccc1F. The summed E-state index contributed by atoms with van der Waals surface area (Å²) >= 11 is 0. The lowest BCUT2D eigenvalue weighted by molar-refractivity contribution is 0.395. The van der Waals surface area contributed by atoms with Gasteiger partial charge in [0.1, 0.15) is 5.82 Å². The van der Waals surface area contributed by atoms with Crippen LogP contribution in [0, 0.1) is 12.7 Å². The first-order chi connectivity index (χ1) is 8.30. The van der Waals surface area contributed by atoms with E-state index in [1.165, 1.54) is 6.07 Å². The summed E-state index contributed by atoms with van der Waals surface area (Å²) in [5, 5.41) is 3.27. The Labute approximate surface area is 107 Å². The normalized spacial score (nSPS) is 26.4. The van der Waals surface area contributed by atoms with E-state index in [0.29, 0.717) is 18.5 Å². The highest BCUT2D eigenvalue weighted by Gasteiger charge is 2.37. The van der Waals surface area contributed by atoms with Gasteiger partial charge in [-0.05, 0) is 37.5 Å². The summed E-state index contributed by atoms with van der Waals surface area (Å²) in [4.78, 5) is 0. The van der Waals surface area contributed by atoms with Gasteiger partial charge < -0.3 is 5.32 Å². The van der Waals surface area contributed by atoms with Crippen molar-refractivity contribution in [3.05, 3.63) is 35.1 Å². The highest BCUT2D eigenvalue weighted by Crippen LogP contribution is 2.23. The molecule has 1 unspecified atom stereocenters. The molecule has 1 N–H and O–H groups in total. The van der Waals surface area contributed by atoms with E-state index < -0.39 is 9.84 Å². The molecule has 1 heterocycles.